The molecule has 3 heteroatoms. The van der Waals surface area contributed by atoms with Gasteiger partial charge in [-0.1, -0.05) is 34.6 Å². The van der Waals surface area contributed by atoms with Crippen molar-refractivity contribution in [3.05, 3.63) is 23.4 Å². The van der Waals surface area contributed by atoms with Crippen molar-refractivity contribution in [1.82, 2.24) is 10.3 Å². The molecule has 0 saturated heterocycles. The number of rotatable bonds is 5. The third kappa shape index (κ3) is 4.65. The average molecular weight is 250 g/mol. The average Bonchev–Trinajstić information content (AvgIpc) is 2.25. The first-order valence-electron chi connectivity index (χ1n) is 6.70. The van der Waals surface area contributed by atoms with E-state index in [9.17, 15) is 0 Å². The minimum absolute atomic E-state index is 0.0414. The molecule has 1 aromatic rings. The first-order chi connectivity index (χ1) is 8.32. The second kappa shape index (κ2) is 6.19. The minimum atomic E-state index is 0.0414. The van der Waals surface area contributed by atoms with Crippen LogP contribution in [0.3, 0.4) is 0 Å². The summed E-state index contributed by atoms with van der Waals surface area (Å²) in [6.07, 6.45) is 0. The van der Waals surface area contributed by atoms with Crippen LogP contribution in [0.25, 0.3) is 0 Å². The predicted molar refractivity (Wildman–Crippen MR) is 76.1 cm³/mol. The Morgan fingerprint density at radius 2 is 1.94 bits per heavy atom. The molecule has 0 radical (unpaired) electrons. The predicted octanol–water partition coefficient (Wildman–Crippen LogP) is 3.28. The molecule has 102 valence electrons. The lowest BCUT2D eigenvalue weighted by atomic mass is 9.91. The van der Waals surface area contributed by atoms with Gasteiger partial charge in [-0.15, -0.1) is 0 Å². The van der Waals surface area contributed by atoms with E-state index >= 15 is 0 Å². The number of hydrogen-bond acceptors (Lipinski definition) is 3. The van der Waals surface area contributed by atoms with Crippen molar-refractivity contribution in [3.63, 3.8) is 0 Å². The Morgan fingerprint density at radius 3 is 2.44 bits per heavy atom. The summed E-state index contributed by atoms with van der Waals surface area (Å²) < 4.78 is 5.55. The molecule has 0 amide bonds. The molecule has 1 rings (SSSR count). The Labute approximate surface area is 111 Å². The highest BCUT2D eigenvalue weighted by molar-refractivity contribution is 5.28. The first-order valence-corrected chi connectivity index (χ1v) is 6.70. The summed E-state index contributed by atoms with van der Waals surface area (Å²) in [5.41, 5.74) is 2.35. The fraction of sp³-hybridized carbons (Fsp3) is 0.667. The maximum atomic E-state index is 5.55. The molecule has 0 saturated carbocycles. The van der Waals surface area contributed by atoms with Gasteiger partial charge in [0.15, 0.2) is 0 Å². The van der Waals surface area contributed by atoms with Crippen LogP contribution in [0.4, 0.5) is 0 Å². The van der Waals surface area contributed by atoms with Crippen LogP contribution in [0.1, 0.15) is 52.8 Å². The van der Waals surface area contributed by atoms with Crippen molar-refractivity contribution in [1.29, 1.82) is 0 Å². The molecule has 3 nitrogen and oxygen atoms in total. The molecule has 1 N–H and O–H groups in total. The Bertz CT molecular complexity index is 381. The van der Waals surface area contributed by atoms with Crippen LogP contribution < -0.4 is 10.1 Å². The zero-order valence-corrected chi connectivity index (χ0v) is 12.5. The molecule has 0 aromatic carbocycles. The van der Waals surface area contributed by atoms with Crippen LogP contribution in [0.5, 0.6) is 5.88 Å². The van der Waals surface area contributed by atoms with Crippen molar-refractivity contribution >= 4 is 0 Å². The maximum absolute atomic E-state index is 5.55. The summed E-state index contributed by atoms with van der Waals surface area (Å²) in [4.78, 5) is 4.57. The molecule has 0 bridgehead atoms. The Kier molecular flexibility index (Phi) is 5.15. The fourth-order valence-electron chi connectivity index (χ4n) is 1.59. The number of nitrogens with zero attached hydrogens (tertiary/aromatic N) is 1. The Balaban J connectivity index is 2.98. The molecule has 0 fully saturated rings. The fourth-order valence-corrected chi connectivity index (χ4v) is 1.59. The largest absolute Gasteiger partial charge is 0.478 e. The van der Waals surface area contributed by atoms with Gasteiger partial charge < -0.3 is 10.1 Å². The normalized spacial score (nSPS) is 11.9. The summed E-state index contributed by atoms with van der Waals surface area (Å²) in [5, 5.41) is 3.43. The molecule has 18 heavy (non-hydrogen) atoms. The minimum Gasteiger partial charge on any atom is -0.478 e. The summed E-state index contributed by atoms with van der Waals surface area (Å²) in [6, 6.07) is 4.67. The van der Waals surface area contributed by atoms with E-state index in [2.05, 4.69) is 51.0 Å². The molecule has 0 spiro atoms. The van der Waals surface area contributed by atoms with Gasteiger partial charge in [-0.05, 0) is 18.6 Å². The van der Waals surface area contributed by atoms with Crippen LogP contribution in [0.2, 0.25) is 0 Å². The highest BCUT2D eigenvalue weighted by atomic mass is 16.5. The summed E-state index contributed by atoms with van der Waals surface area (Å²) in [6.45, 7) is 14.3. The van der Waals surface area contributed by atoms with Gasteiger partial charge in [-0.2, -0.15) is 0 Å². The lowest BCUT2D eigenvalue weighted by molar-refractivity contribution is 0.323. The van der Waals surface area contributed by atoms with Crippen LogP contribution >= 0.6 is 0 Å². The lowest BCUT2D eigenvalue weighted by Gasteiger charge is -2.20. The highest BCUT2D eigenvalue weighted by Gasteiger charge is 2.17. The third-order valence-electron chi connectivity index (χ3n) is 2.64. The number of aromatic nitrogens is 1. The summed E-state index contributed by atoms with van der Waals surface area (Å²) >= 11 is 0. The third-order valence-corrected chi connectivity index (χ3v) is 2.64. The van der Waals surface area contributed by atoms with E-state index in [1.807, 2.05) is 13.0 Å². The van der Waals surface area contributed by atoms with Gasteiger partial charge in [0.1, 0.15) is 0 Å². The maximum Gasteiger partial charge on any atom is 0.213 e. The molecule has 0 unspecified atom stereocenters. The van der Waals surface area contributed by atoms with E-state index in [0.717, 1.165) is 18.1 Å². The molecule has 1 heterocycles. The van der Waals surface area contributed by atoms with E-state index < -0.39 is 0 Å². The molecule has 1 aromatic heterocycles. The van der Waals surface area contributed by atoms with Gasteiger partial charge in [-0.25, -0.2) is 4.98 Å². The number of hydrogen-bond donors (Lipinski definition) is 1. The Morgan fingerprint density at radius 1 is 1.28 bits per heavy atom. The van der Waals surface area contributed by atoms with Gasteiger partial charge in [0.05, 0.1) is 12.3 Å². The zero-order valence-electron chi connectivity index (χ0n) is 12.5. The van der Waals surface area contributed by atoms with E-state index in [1.165, 1.54) is 5.56 Å². The van der Waals surface area contributed by atoms with E-state index in [0.29, 0.717) is 12.6 Å². The lowest BCUT2D eigenvalue weighted by Crippen LogP contribution is -2.23. The van der Waals surface area contributed by atoms with Gasteiger partial charge in [0.2, 0.25) is 5.88 Å². The van der Waals surface area contributed by atoms with Crippen molar-refractivity contribution in [3.8, 4) is 5.88 Å². The Hall–Kier alpha value is -1.09. The van der Waals surface area contributed by atoms with E-state index in [4.69, 9.17) is 4.74 Å². The van der Waals surface area contributed by atoms with Crippen LogP contribution in [0, 0.1) is 0 Å². The monoisotopic (exact) mass is 250 g/mol. The molecule has 0 aliphatic carbocycles. The van der Waals surface area contributed by atoms with Gasteiger partial charge >= 0.3 is 0 Å². The van der Waals surface area contributed by atoms with Crippen molar-refractivity contribution in [2.75, 3.05) is 6.61 Å². The van der Waals surface area contributed by atoms with Crippen LogP contribution in [-0.2, 0) is 12.0 Å². The number of pyridine rings is 1. The van der Waals surface area contributed by atoms with Crippen LogP contribution in [-0.4, -0.2) is 17.6 Å². The molecule has 0 aliphatic heterocycles. The summed E-state index contributed by atoms with van der Waals surface area (Å²) in [5.74, 6) is 0.727. The zero-order chi connectivity index (χ0) is 13.8. The molecular weight excluding hydrogens is 224 g/mol. The molecule has 0 aliphatic rings. The van der Waals surface area contributed by atoms with Crippen molar-refractivity contribution < 1.29 is 4.74 Å². The first kappa shape index (κ1) is 15.0. The SMILES string of the molecule is CCOc1cc(CNC(C)C)cc(C(C)(C)C)n1. The second-order valence-corrected chi connectivity index (χ2v) is 5.92. The van der Waals surface area contributed by atoms with E-state index in [-0.39, 0.29) is 5.41 Å². The van der Waals surface area contributed by atoms with Gasteiger partial charge in [0.25, 0.3) is 0 Å². The molecular formula is C15H26N2O. The van der Waals surface area contributed by atoms with Crippen molar-refractivity contribution in [2.24, 2.45) is 0 Å². The topological polar surface area (TPSA) is 34.1 Å². The molecule has 0 atom stereocenters. The standard InChI is InChI=1S/C15H26N2O/c1-7-18-14-9-12(10-16-11(2)3)8-13(17-14)15(4,5)6/h8-9,11,16H,7,10H2,1-6H3. The van der Waals surface area contributed by atoms with Gasteiger partial charge in [-0.3, -0.25) is 0 Å². The second-order valence-electron chi connectivity index (χ2n) is 5.92. The van der Waals surface area contributed by atoms with E-state index in [1.54, 1.807) is 0 Å². The quantitative estimate of drug-likeness (QED) is 0.871. The summed E-state index contributed by atoms with van der Waals surface area (Å²) in [7, 11) is 0. The number of nitrogens with one attached hydrogen (secondary N) is 1. The smallest absolute Gasteiger partial charge is 0.213 e. The number of ether oxygens (including phenoxy) is 1. The van der Waals surface area contributed by atoms with Gasteiger partial charge in [0, 0.05) is 24.1 Å². The van der Waals surface area contributed by atoms with Crippen molar-refractivity contribution in [2.45, 2.75) is 59.5 Å². The highest BCUT2D eigenvalue weighted by Crippen LogP contribution is 2.24. The van der Waals surface area contributed by atoms with Crippen LogP contribution in [0.15, 0.2) is 12.1 Å².